The molecule has 0 fully saturated rings. The lowest BCUT2D eigenvalue weighted by Gasteiger charge is -1.94. The second kappa shape index (κ2) is 3.21. The van der Waals surface area contributed by atoms with Gasteiger partial charge < -0.3 is 5.11 Å². The fourth-order valence-electron chi connectivity index (χ4n) is 0.887. The van der Waals surface area contributed by atoms with Crippen molar-refractivity contribution in [3.8, 4) is 5.69 Å². The van der Waals surface area contributed by atoms with Crippen molar-refractivity contribution >= 4 is 5.97 Å². The molecule has 2 heterocycles. The number of hydrogen-bond acceptors (Lipinski definition) is 5. The van der Waals surface area contributed by atoms with E-state index in [1.807, 2.05) is 0 Å². The summed E-state index contributed by atoms with van der Waals surface area (Å²) in [6, 6.07) is 3.29. The van der Waals surface area contributed by atoms with E-state index in [0.29, 0.717) is 5.69 Å². The van der Waals surface area contributed by atoms with Crippen LogP contribution in [0.15, 0.2) is 24.5 Å². The summed E-state index contributed by atoms with van der Waals surface area (Å²) in [6.45, 7) is 0. The molecule has 0 aliphatic rings. The zero-order valence-electron chi connectivity index (χ0n) is 6.90. The Balaban J connectivity index is 2.39. The molecule has 0 atom stereocenters. The largest absolute Gasteiger partial charge is 0.475 e. The minimum Gasteiger partial charge on any atom is -0.475 e. The number of carboxylic acids is 1. The average molecular weight is 191 g/mol. The summed E-state index contributed by atoms with van der Waals surface area (Å²) in [5.74, 6) is -1.54. The maximum Gasteiger partial charge on any atom is 0.377 e. The highest BCUT2D eigenvalue weighted by atomic mass is 16.4. The van der Waals surface area contributed by atoms with Gasteiger partial charge in [-0.15, -0.1) is 15.0 Å². The van der Waals surface area contributed by atoms with E-state index in [4.69, 9.17) is 5.11 Å². The van der Waals surface area contributed by atoms with Crippen molar-refractivity contribution in [3.05, 3.63) is 30.4 Å². The lowest BCUT2D eigenvalue weighted by atomic mass is 10.4. The van der Waals surface area contributed by atoms with Gasteiger partial charge in [0.1, 0.15) is 0 Å². The first-order chi connectivity index (χ1) is 6.77. The van der Waals surface area contributed by atoms with Crippen molar-refractivity contribution in [1.29, 1.82) is 0 Å². The van der Waals surface area contributed by atoms with Crippen molar-refractivity contribution in [2.75, 3.05) is 0 Å². The van der Waals surface area contributed by atoms with Crippen LogP contribution in [0.2, 0.25) is 0 Å². The first kappa shape index (κ1) is 8.30. The molecule has 70 valence electrons. The lowest BCUT2D eigenvalue weighted by molar-refractivity contribution is 0.0683. The standard InChI is InChI=1S/C7H5N5O2/c13-7(14)6-9-11-12(10-6)5-1-3-8-4-2-5/h1-4H,(H,13,14). The van der Waals surface area contributed by atoms with Crippen LogP contribution in [0, 0.1) is 0 Å². The quantitative estimate of drug-likeness (QED) is 0.703. The minimum absolute atomic E-state index is 0.332. The van der Waals surface area contributed by atoms with Crippen LogP contribution in [-0.4, -0.2) is 36.3 Å². The van der Waals surface area contributed by atoms with Gasteiger partial charge in [0.2, 0.25) is 0 Å². The molecule has 0 bridgehead atoms. The highest BCUT2D eigenvalue weighted by Gasteiger charge is 2.10. The second-order valence-corrected chi connectivity index (χ2v) is 2.41. The zero-order chi connectivity index (χ0) is 9.97. The summed E-state index contributed by atoms with van der Waals surface area (Å²) in [5.41, 5.74) is 0.611. The van der Waals surface area contributed by atoms with Crippen LogP contribution in [0.4, 0.5) is 0 Å². The predicted octanol–water partition coefficient (Wildman–Crippen LogP) is -0.245. The summed E-state index contributed by atoms with van der Waals surface area (Å²) in [7, 11) is 0. The fraction of sp³-hybridized carbons (Fsp3) is 0. The number of aromatic nitrogens is 5. The lowest BCUT2D eigenvalue weighted by Crippen LogP contribution is -2.02. The van der Waals surface area contributed by atoms with Gasteiger partial charge in [-0.2, -0.15) is 0 Å². The van der Waals surface area contributed by atoms with Crippen LogP contribution in [-0.2, 0) is 0 Å². The Morgan fingerprint density at radius 2 is 2.07 bits per heavy atom. The predicted molar refractivity (Wildman–Crippen MR) is 43.9 cm³/mol. The molecule has 0 saturated carbocycles. The minimum atomic E-state index is -1.20. The molecule has 1 N–H and O–H groups in total. The van der Waals surface area contributed by atoms with E-state index in [1.165, 1.54) is 0 Å². The van der Waals surface area contributed by atoms with Crippen molar-refractivity contribution in [2.45, 2.75) is 0 Å². The molecule has 2 rings (SSSR count). The van der Waals surface area contributed by atoms with Crippen molar-refractivity contribution in [2.24, 2.45) is 0 Å². The van der Waals surface area contributed by atoms with Crippen molar-refractivity contribution in [1.82, 2.24) is 25.2 Å². The summed E-state index contributed by atoms with van der Waals surface area (Å²) in [4.78, 5) is 15.4. The highest BCUT2D eigenvalue weighted by molar-refractivity contribution is 5.82. The number of rotatable bonds is 2. The van der Waals surface area contributed by atoms with Crippen LogP contribution >= 0.6 is 0 Å². The van der Waals surface area contributed by atoms with E-state index in [2.05, 4.69) is 20.4 Å². The number of aromatic carboxylic acids is 1. The van der Waals surface area contributed by atoms with Gasteiger partial charge in [0.15, 0.2) is 0 Å². The van der Waals surface area contributed by atoms with E-state index in [-0.39, 0.29) is 5.82 Å². The monoisotopic (exact) mass is 191 g/mol. The molecule has 7 nitrogen and oxygen atoms in total. The molecule has 0 saturated heterocycles. The SMILES string of the molecule is O=C(O)c1nnn(-c2ccncc2)n1. The maximum atomic E-state index is 10.5. The van der Waals surface area contributed by atoms with Gasteiger partial charge in [-0.1, -0.05) is 0 Å². The zero-order valence-corrected chi connectivity index (χ0v) is 6.90. The molecule has 0 aliphatic carbocycles. The average Bonchev–Trinajstić information content (AvgIpc) is 2.68. The Bertz CT molecular complexity index is 452. The van der Waals surface area contributed by atoms with Gasteiger partial charge in [-0.25, -0.2) is 4.79 Å². The van der Waals surface area contributed by atoms with Gasteiger partial charge in [0.05, 0.1) is 5.69 Å². The highest BCUT2D eigenvalue weighted by Crippen LogP contribution is 2.00. The maximum absolute atomic E-state index is 10.5. The third kappa shape index (κ3) is 1.42. The Labute approximate surface area is 78.0 Å². The molecule has 0 spiro atoms. The number of carboxylic acid groups (broad SMARTS) is 1. The Kier molecular flexibility index (Phi) is 1.90. The molecule has 2 aromatic rings. The van der Waals surface area contributed by atoms with E-state index >= 15 is 0 Å². The molecule has 0 unspecified atom stereocenters. The normalized spacial score (nSPS) is 10.0. The molecular weight excluding hydrogens is 186 g/mol. The number of carbonyl (C=O) groups is 1. The summed E-state index contributed by atoms with van der Waals surface area (Å²) in [5, 5.41) is 19.1. The van der Waals surface area contributed by atoms with Gasteiger partial charge in [-0.3, -0.25) is 4.98 Å². The molecular formula is C7H5N5O2. The Morgan fingerprint density at radius 1 is 1.36 bits per heavy atom. The molecule has 0 aromatic carbocycles. The van der Waals surface area contributed by atoms with E-state index in [0.717, 1.165) is 4.80 Å². The second-order valence-electron chi connectivity index (χ2n) is 2.41. The smallest absolute Gasteiger partial charge is 0.377 e. The first-order valence-electron chi connectivity index (χ1n) is 3.71. The fourth-order valence-corrected chi connectivity index (χ4v) is 0.887. The van der Waals surface area contributed by atoms with Crippen molar-refractivity contribution < 1.29 is 9.90 Å². The number of tetrazole rings is 1. The van der Waals surface area contributed by atoms with Gasteiger partial charge in [0.25, 0.3) is 5.82 Å². The number of nitrogens with zero attached hydrogens (tertiary/aromatic N) is 5. The first-order valence-corrected chi connectivity index (χ1v) is 3.71. The van der Waals surface area contributed by atoms with Crippen LogP contribution in [0.25, 0.3) is 5.69 Å². The molecule has 7 heteroatoms. The van der Waals surface area contributed by atoms with Crippen LogP contribution in [0.1, 0.15) is 10.6 Å². The number of hydrogen-bond donors (Lipinski definition) is 1. The van der Waals surface area contributed by atoms with Gasteiger partial charge in [0, 0.05) is 12.4 Å². The van der Waals surface area contributed by atoms with E-state index in [1.54, 1.807) is 24.5 Å². The topological polar surface area (TPSA) is 93.8 Å². The molecule has 0 amide bonds. The van der Waals surface area contributed by atoms with Gasteiger partial charge in [-0.05, 0) is 17.3 Å². The molecule has 0 radical (unpaired) electrons. The van der Waals surface area contributed by atoms with E-state index < -0.39 is 5.97 Å². The van der Waals surface area contributed by atoms with Crippen molar-refractivity contribution in [3.63, 3.8) is 0 Å². The summed E-state index contributed by atoms with van der Waals surface area (Å²) in [6.07, 6.45) is 3.11. The van der Waals surface area contributed by atoms with Crippen LogP contribution in [0.3, 0.4) is 0 Å². The third-order valence-electron chi connectivity index (χ3n) is 1.50. The molecule has 2 aromatic heterocycles. The van der Waals surface area contributed by atoms with Crippen LogP contribution in [0.5, 0.6) is 0 Å². The van der Waals surface area contributed by atoms with Crippen LogP contribution < -0.4 is 0 Å². The number of pyridine rings is 1. The summed E-state index contributed by atoms with van der Waals surface area (Å²) >= 11 is 0. The van der Waals surface area contributed by atoms with Gasteiger partial charge >= 0.3 is 5.97 Å². The Hall–Kier alpha value is -2.31. The summed E-state index contributed by atoms with van der Waals surface area (Å²) < 4.78 is 0. The third-order valence-corrected chi connectivity index (χ3v) is 1.50. The Morgan fingerprint density at radius 3 is 2.64 bits per heavy atom. The van der Waals surface area contributed by atoms with E-state index in [9.17, 15) is 4.79 Å². The molecule has 0 aliphatic heterocycles. The molecule has 14 heavy (non-hydrogen) atoms.